The van der Waals surface area contributed by atoms with Crippen LogP contribution >= 0.6 is 11.8 Å². The smallest absolute Gasteiger partial charge is 0.243 e. The molecular formula is C19H20N4O3S2. The summed E-state index contributed by atoms with van der Waals surface area (Å²) in [7, 11) is -3.51. The predicted octanol–water partition coefficient (Wildman–Crippen LogP) is 2.19. The molecule has 0 atom stereocenters. The molecule has 0 unspecified atom stereocenters. The third kappa shape index (κ3) is 3.91. The second-order valence-electron chi connectivity index (χ2n) is 6.45. The van der Waals surface area contributed by atoms with Crippen LogP contribution in [0.15, 0.2) is 64.6 Å². The number of hydrogen-bond acceptors (Lipinski definition) is 5. The lowest BCUT2D eigenvalue weighted by atomic mass is 10.3. The van der Waals surface area contributed by atoms with Crippen molar-refractivity contribution in [3.05, 3.63) is 54.6 Å². The van der Waals surface area contributed by atoms with Crippen LogP contribution in [0.2, 0.25) is 0 Å². The molecule has 0 radical (unpaired) electrons. The lowest BCUT2D eigenvalue weighted by Gasteiger charge is -2.34. The number of hydrogen-bond donors (Lipinski definition) is 1. The highest BCUT2D eigenvalue weighted by Crippen LogP contribution is 2.21. The molecule has 146 valence electrons. The van der Waals surface area contributed by atoms with E-state index in [1.807, 2.05) is 24.3 Å². The number of fused-ring (bicyclic) bond motifs is 1. The van der Waals surface area contributed by atoms with Crippen LogP contribution in [0, 0.1) is 0 Å². The Labute approximate surface area is 167 Å². The Morgan fingerprint density at radius 1 is 1.00 bits per heavy atom. The Morgan fingerprint density at radius 3 is 2.39 bits per heavy atom. The Hall–Kier alpha value is -2.36. The fourth-order valence-electron chi connectivity index (χ4n) is 3.14. The standard InChI is InChI=1S/C19H20N4O3S2/c24-18(14-27-19-20-16-8-4-5-9-17(16)21-19)22-10-12-23(13-11-22)28(25,26)15-6-2-1-3-7-15/h1-9H,10-14H2,(H,20,21). The number of H-pyrrole nitrogens is 1. The normalized spacial score (nSPS) is 15.8. The van der Waals surface area contributed by atoms with Crippen molar-refractivity contribution in [2.45, 2.75) is 10.1 Å². The molecule has 1 saturated heterocycles. The Morgan fingerprint density at radius 2 is 1.68 bits per heavy atom. The highest BCUT2D eigenvalue weighted by Gasteiger charge is 2.29. The lowest BCUT2D eigenvalue weighted by molar-refractivity contribution is -0.129. The molecule has 3 aromatic rings. The second-order valence-corrected chi connectivity index (χ2v) is 9.35. The minimum Gasteiger partial charge on any atom is -0.339 e. The molecule has 9 heteroatoms. The molecule has 4 rings (SSSR count). The Balaban J connectivity index is 1.32. The average molecular weight is 417 g/mol. The molecule has 7 nitrogen and oxygen atoms in total. The summed E-state index contributed by atoms with van der Waals surface area (Å²) in [5.41, 5.74) is 1.81. The van der Waals surface area contributed by atoms with Gasteiger partial charge in [0.2, 0.25) is 15.9 Å². The number of rotatable bonds is 5. The summed E-state index contributed by atoms with van der Waals surface area (Å²) in [5, 5.41) is 0.708. The lowest BCUT2D eigenvalue weighted by Crippen LogP contribution is -2.50. The van der Waals surface area contributed by atoms with Crippen LogP contribution in [0.3, 0.4) is 0 Å². The van der Waals surface area contributed by atoms with E-state index in [1.165, 1.54) is 16.1 Å². The summed E-state index contributed by atoms with van der Waals surface area (Å²) < 4.78 is 26.8. The average Bonchev–Trinajstić information content (AvgIpc) is 3.16. The summed E-state index contributed by atoms with van der Waals surface area (Å²) in [4.78, 5) is 22.2. The van der Waals surface area contributed by atoms with Gasteiger partial charge in [0.25, 0.3) is 0 Å². The first-order valence-corrected chi connectivity index (χ1v) is 11.4. The van der Waals surface area contributed by atoms with Crippen molar-refractivity contribution in [2.24, 2.45) is 0 Å². The highest BCUT2D eigenvalue weighted by atomic mass is 32.2. The number of amides is 1. The molecule has 2 heterocycles. The molecule has 1 aromatic heterocycles. The summed E-state index contributed by atoms with van der Waals surface area (Å²) >= 11 is 1.36. The molecule has 0 bridgehead atoms. The topological polar surface area (TPSA) is 86.4 Å². The number of carbonyl (C=O) groups excluding carboxylic acids is 1. The number of nitrogens with one attached hydrogen (secondary N) is 1. The first kappa shape index (κ1) is 19.0. The van der Waals surface area contributed by atoms with Gasteiger partial charge in [0.1, 0.15) is 0 Å². The number of sulfonamides is 1. The van der Waals surface area contributed by atoms with Crippen molar-refractivity contribution >= 4 is 38.7 Å². The van der Waals surface area contributed by atoms with E-state index in [2.05, 4.69) is 9.97 Å². The maximum absolute atomic E-state index is 12.7. The summed E-state index contributed by atoms with van der Waals surface area (Å²) in [6, 6.07) is 16.1. The summed E-state index contributed by atoms with van der Waals surface area (Å²) in [6.07, 6.45) is 0. The SMILES string of the molecule is O=C(CSc1nc2ccccc2[nH]1)N1CCN(S(=O)(=O)c2ccccc2)CC1. The van der Waals surface area contributed by atoms with Crippen molar-refractivity contribution in [2.75, 3.05) is 31.9 Å². The third-order valence-electron chi connectivity index (χ3n) is 4.67. The van der Waals surface area contributed by atoms with Gasteiger partial charge in [-0.25, -0.2) is 13.4 Å². The van der Waals surface area contributed by atoms with E-state index in [0.29, 0.717) is 31.3 Å². The van der Waals surface area contributed by atoms with E-state index in [-0.39, 0.29) is 16.6 Å². The monoisotopic (exact) mass is 416 g/mol. The predicted molar refractivity (Wildman–Crippen MR) is 109 cm³/mol. The van der Waals surface area contributed by atoms with Gasteiger partial charge in [0.15, 0.2) is 5.16 Å². The van der Waals surface area contributed by atoms with Gasteiger partial charge in [-0.15, -0.1) is 0 Å². The number of para-hydroxylation sites is 2. The molecule has 1 aliphatic rings. The molecule has 1 aliphatic heterocycles. The zero-order valence-electron chi connectivity index (χ0n) is 15.1. The van der Waals surface area contributed by atoms with E-state index in [1.54, 1.807) is 35.2 Å². The van der Waals surface area contributed by atoms with Crippen molar-refractivity contribution < 1.29 is 13.2 Å². The van der Waals surface area contributed by atoms with E-state index < -0.39 is 10.0 Å². The number of carbonyl (C=O) groups is 1. The number of imidazole rings is 1. The molecule has 1 fully saturated rings. The Bertz CT molecular complexity index is 1040. The first-order chi connectivity index (χ1) is 13.5. The van der Waals surface area contributed by atoms with Gasteiger partial charge in [0, 0.05) is 26.2 Å². The molecule has 0 saturated carbocycles. The van der Waals surface area contributed by atoms with Crippen LogP contribution in [0.5, 0.6) is 0 Å². The van der Waals surface area contributed by atoms with Crippen LogP contribution < -0.4 is 0 Å². The number of piperazine rings is 1. The highest BCUT2D eigenvalue weighted by molar-refractivity contribution is 7.99. The second kappa shape index (κ2) is 7.94. The number of thioether (sulfide) groups is 1. The van der Waals surface area contributed by atoms with Crippen molar-refractivity contribution in [3.8, 4) is 0 Å². The van der Waals surface area contributed by atoms with Gasteiger partial charge in [0.05, 0.1) is 21.7 Å². The van der Waals surface area contributed by atoms with E-state index in [4.69, 9.17) is 0 Å². The number of nitrogens with zero attached hydrogens (tertiary/aromatic N) is 3. The van der Waals surface area contributed by atoms with Gasteiger partial charge in [-0.2, -0.15) is 4.31 Å². The molecule has 1 N–H and O–H groups in total. The zero-order chi connectivity index (χ0) is 19.6. The summed E-state index contributed by atoms with van der Waals surface area (Å²) in [6.45, 7) is 1.40. The minimum absolute atomic E-state index is 0.0118. The van der Waals surface area contributed by atoms with Crippen LogP contribution in [0.25, 0.3) is 11.0 Å². The fraction of sp³-hybridized carbons (Fsp3) is 0.263. The van der Waals surface area contributed by atoms with Gasteiger partial charge in [-0.1, -0.05) is 42.1 Å². The molecule has 0 aliphatic carbocycles. The third-order valence-corrected chi connectivity index (χ3v) is 7.44. The number of aromatic amines is 1. The molecule has 2 aromatic carbocycles. The van der Waals surface area contributed by atoms with Crippen LogP contribution in [-0.4, -0.2) is 65.4 Å². The van der Waals surface area contributed by atoms with Crippen molar-refractivity contribution in [1.29, 1.82) is 0 Å². The largest absolute Gasteiger partial charge is 0.339 e. The molecule has 28 heavy (non-hydrogen) atoms. The Kier molecular flexibility index (Phi) is 5.38. The fourth-order valence-corrected chi connectivity index (χ4v) is 5.37. The van der Waals surface area contributed by atoms with Crippen LogP contribution in [0.1, 0.15) is 0 Å². The number of benzene rings is 2. The maximum Gasteiger partial charge on any atom is 0.243 e. The molecule has 1 amide bonds. The van der Waals surface area contributed by atoms with Gasteiger partial charge in [-0.05, 0) is 24.3 Å². The van der Waals surface area contributed by atoms with Gasteiger partial charge < -0.3 is 9.88 Å². The minimum atomic E-state index is -3.51. The van der Waals surface area contributed by atoms with Crippen LogP contribution in [-0.2, 0) is 14.8 Å². The quantitative estimate of drug-likeness (QED) is 0.645. The van der Waals surface area contributed by atoms with Gasteiger partial charge >= 0.3 is 0 Å². The van der Waals surface area contributed by atoms with E-state index in [0.717, 1.165) is 11.0 Å². The first-order valence-electron chi connectivity index (χ1n) is 8.94. The van der Waals surface area contributed by atoms with E-state index >= 15 is 0 Å². The number of aromatic nitrogens is 2. The maximum atomic E-state index is 12.7. The summed E-state index contributed by atoms with van der Waals surface area (Å²) in [5.74, 6) is 0.257. The zero-order valence-corrected chi connectivity index (χ0v) is 16.7. The van der Waals surface area contributed by atoms with E-state index in [9.17, 15) is 13.2 Å². The molecular weight excluding hydrogens is 396 g/mol. The molecule has 0 spiro atoms. The van der Waals surface area contributed by atoms with Crippen molar-refractivity contribution in [1.82, 2.24) is 19.2 Å². The van der Waals surface area contributed by atoms with Crippen LogP contribution in [0.4, 0.5) is 0 Å². The van der Waals surface area contributed by atoms with Gasteiger partial charge in [-0.3, -0.25) is 4.79 Å². The van der Waals surface area contributed by atoms with Crippen molar-refractivity contribution in [3.63, 3.8) is 0 Å².